The first-order valence-corrected chi connectivity index (χ1v) is 13.2. The Morgan fingerprint density at radius 3 is 1.93 bits per heavy atom. The fourth-order valence-corrected chi connectivity index (χ4v) is 5.10. The average Bonchev–Trinajstić information content (AvgIpc) is 2.68. The zero-order valence-corrected chi connectivity index (χ0v) is 19.7. The highest BCUT2D eigenvalue weighted by Crippen LogP contribution is 2.32. The molecule has 27 heavy (non-hydrogen) atoms. The van der Waals surface area contributed by atoms with Crippen molar-refractivity contribution in [2.75, 3.05) is 5.75 Å². The number of rotatable bonds is 17. The molecular formula is C25H42S2. The highest BCUT2D eigenvalue weighted by Gasteiger charge is 2.02. The van der Waals surface area contributed by atoms with E-state index in [9.17, 15) is 0 Å². The molecule has 0 aliphatic carbocycles. The van der Waals surface area contributed by atoms with Crippen molar-refractivity contribution < 1.29 is 0 Å². The number of hydrogen-bond donors (Lipinski definition) is 0. The van der Waals surface area contributed by atoms with Crippen LogP contribution in [0.3, 0.4) is 0 Å². The lowest BCUT2D eigenvalue weighted by atomic mass is 10.1. The van der Waals surface area contributed by atoms with Gasteiger partial charge in [-0.1, -0.05) is 108 Å². The van der Waals surface area contributed by atoms with Gasteiger partial charge in [0.15, 0.2) is 0 Å². The highest BCUT2D eigenvalue weighted by molar-refractivity contribution is 8.06. The lowest BCUT2D eigenvalue weighted by Crippen LogP contribution is -1.84. The van der Waals surface area contributed by atoms with E-state index >= 15 is 0 Å². The normalized spacial score (nSPS) is 11.9. The van der Waals surface area contributed by atoms with Crippen LogP contribution in [0.1, 0.15) is 103 Å². The summed E-state index contributed by atoms with van der Waals surface area (Å²) in [5.41, 5.74) is 1.35. The third kappa shape index (κ3) is 14.3. The minimum atomic E-state index is 1.24. The van der Waals surface area contributed by atoms with Crippen LogP contribution in [0.2, 0.25) is 0 Å². The van der Waals surface area contributed by atoms with Gasteiger partial charge in [-0.15, -0.1) is 11.8 Å². The van der Waals surface area contributed by atoms with E-state index in [2.05, 4.69) is 50.4 Å². The van der Waals surface area contributed by atoms with Gasteiger partial charge < -0.3 is 0 Å². The van der Waals surface area contributed by atoms with Crippen molar-refractivity contribution in [1.82, 2.24) is 0 Å². The molecule has 0 saturated heterocycles. The largest absolute Gasteiger partial charge is 0.133 e. The van der Waals surface area contributed by atoms with Gasteiger partial charge in [0.25, 0.3) is 0 Å². The molecule has 0 aliphatic rings. The molecule has 1 aromatic rings. The molecule has 0 atom stereocenters. The van der Waals surface area contributed by atoms with E-state index in [1.807, 2.05) is 23.5 Å². The summed E-state index contributed by atoms with van der Waals surface area (Å²) in [5, 5.41) is 2.46. The van der Waals surface area contributed by atoms with Crippen LogP contribution in [0.5, 0.6) is 0 Å². The third-order valence-electron chi connectivity index (χ3n) is 4.88. The molecule has 0 aromatic heterocycles. The van der Waals surface area contributed by atoms with E-state index in [0.29, 0.717) is 0 Å². The summed E-state index contributed by atoms with van der Waals surface area (Å²) in [6.07, 6.45) is 17.9. The molecule has 0 nitrogen and oxygen atoms in total. The van der Waals surface area contributed by atoms with E-state index in [1.165, 1.54) is 99.7 Å². The molecule has 2 heteroatoms. The summed E-state index contributed by atoms with van der Waals surface area (Å²) < 4.78 is 0. The maximum absolute atomic E-state index is 2.46. The Balaban J connectivity index is 2.35. The predicted molar refractivity (Wildman–Crippen MR) is 129 cm³/mol. The van der Waals surface area contributed by atoms with Crippen LogP contribution >= 0.6 is 23.5 Å². The van der Waals surface area contributed by atoms with E-state index in [0.717, 1.165) is 0 Å². The van der Waals surface area contributed by atoms with Crippen LogP contribution in [-0.2, 0) is 0 Å². The molecule has 0 fully saturated rings. The van der Waals surface area contributed by atoms with Crippen LogP contribution in [0.15, 0.2) is 39.5 Å². The van der Waals surface area contributed by atoms with Gasteiger partial charge in [0, 0.05) is 4.90 Å². The third-order valence-corrected chi connectivity index (χ3v) is 7.09. The van der Waals surface area contributed by atoms with E-state index in [-0.39, 0.29) is 0 Å². The maximum Gasteiger partial charge on any atom is 0.0119 e. The lowest BCUT2D eigenvalue weighted by molar-refractivity contribution is 0.610. The van der Waals surface area contributed by atoms with E-state index in [4.69, 9.17) is 0 Å². The second-order valence-corrected chi connectivity index (χ2v) is 9.83. The Labute approximate surface area is 178 Å². The zero-order valence-electron chi connectivity index (χ0n) is 18.1. The Bertz CT molecular complexity index is 476. The topological polar surface area (TPSA) is 0 Å². The quantitative estimate of drug-likeness (QED) is 0.186. The van der Waals surface area contributed by atoms with Gasteiger partial charge in [-0.25, -0.2) is 0 Å². The SMILES string of the molecule is CCCCCCCCS/C=C(/CCCCCCCC)Sc1ccc(C)cc1. The number of unbranched alkanes of at least 4 members (excludes halogenated alkanes) is 10. The van der Waals surface area contributed by atoms with Crippen LogP contribution in [0, 0.1) is 6.92 Å². The molecule has 0 amide bonds. The molecule has 0 aliphatic heterocycles. The van der Waals surface area contributed by atoms with Crippen molar-refractivity contribution in [3.05, 3.63) is 40.1 Å². The summed E-state index contributed by atoms with van der Waals surface area (Å²) >= 11 is 4.02. The smallest absolute Gasteiger partial charge is 0.0119 e. The number of benzene rings is 1. The monoisotopic (exact) mass is 406 g/mol. The minimum Gasteiger partial charge on any atom is -0.133 e. The van der Waals surface area contributed by atoms with Gasteiger partial charge >= 0.3 is 0 Å². The lowest BCUT2D eigenvalue weighted by Gasteiger charge is -2.08. The van der Waals surface area contributed by atoms with Crippen LogP contribution in [-0.4, -0.2) is 5.75 Å². The first-order valence-electron chi connectivity index (χ1n) is 11.3. The molecule has 0 bridgehead atoms. The van der Waals surface area contributed by atoms with Gasteiger partial charge in [-0.3, -0.25) is 0 Å². The van der Waals surface area contributed by atoms with Gasteiger partial charge in [0.1, 0.15) is 0 Å². The van der Waals surface area contributed by atoms with Crippen molar-refractivity contribution in [3.8, 4) is 0 Å². The molecular weight excluding hydrogens is 364 g/mol. The first kappa shape index (κ1) is 24.7. The van der Waals surface area contributed by atoms with Crippen molar-refractivity contribution >= 4 is 23.5 Å². The second-order valence-electron chi connectivity index (χ2n) is 7.66. The Morgan fingerprint density at radius 1 is 0.741 bits per heavy atom. The summed E-state index contributed by atoms with van der Waals surface area (Å²) in [5.74, 6) is 1.28. The fourth-order valence-electron chi connectivity index (χ4n) is 3.09. The number of allylic oxidation sites excluding steroid dienone is 1. The summed E-state index contributed by atoms with van der Waals surface area (Å²) in [4.78, 5) is 2.95. The molecule has 1 aromatic carbocycles. The van der Waals surface area contributed by atoms with Crippen LogP contribution < -0.4 is 0 Å². The van der Waals surface area contributed by atoms with Gasteiger partial charge in [0.2, 0.25) is 0 Å². The Morgan fingerprint density at radius 2 is 1.30 bits per heavy atom. The Hall–Kier alpha value is -0.340. The average molecular weight is 407 g/mol. The van der Waals surface area contributed by atoms with E-state index < -0.39 is 0 Å². The highest BCUT2D eigenvalue weighted by atomic mass is 32.2. The molecule has 0 radical (unpaired) electrons. The van der Waals surface area contributed by atoms with Crippen molar-refractivity contribution in [2.24, 2.45) is 0 Å². The summed E-state index contributed by atoms with van der Waals surface area (Å²) in [6, 6.07) is 9.00. The number of hydrogen-bond acceptors (Lipinski definition) is 2. The van der Waals surface area contributed by atoms with Gasteiger partial charge in [0.05, 0.1) is 0 Å². The minimum absolute atomic E-state index is 1.24. The fraction of sp³-hybridized carbons (Fsp3) is 0.680. The van der Waals surface area contributed by atoms with Crippen molar-refractivity contribution in [3.63, 3.8) is 0 Å². The molecule has 0 heterocycles. The zero-order chi connectivity index (χ0) is 19.6. The molecule has 0 unspecified atom stereocenters. The molecule has 0 saturated carbocycles. The van der Waals surface area contributed by atoms with Crippen LogP contribution in [0.4, 0.5) is 0 Å². The summed E-state index contributed by atoms with van der Waals surface area (Å²) in [7, 11) is 0. The molecule has 1 rings (SSSR count). The standard InChI is InChI=1S/C25H42S2/c1-4-6-8-10-12-14-16-25(27-24-19-17-23(3)18-20-24)22-26-21-15-13-11-9-7-5-2/h17-20,22H,4-16,21H2,1-3H3/b25-22-. The molecule has 154 valence electrons. The second kappa shape index (κ2) is 17.7. The van der Waals surface area contributed by atoms with Gasteiger partial charge in [-0.05, 0) is 54.4 Å². The van der Waals surface area contributed by atoms with E-state index in [1.54, 1.807) is 4.91 Å². The Kier molecular flexibility index (Phi) is 16.2. The van der Waals surface area contributed by atoms with Crippen molar-refractivity contribution in [1.29, 1.82) is 0 Å². The predicted octanol–water partition coefficient (Wildman–Crippen LogP) is 9.77. The van der Waals surface area contributed by atoms with Gasteiger partial charge in [-0.2, -0.15) is 0 Å². The number of aryl methyl sites for hydroxylation is 1. The molecule has 0 N–H and O–H groups in total. The summed E-state index contributed by atoms with van der Waals surface area (Å²) in [6.45, 7) is 6.75. The van der Waals surface area contributed by atoms with Crippen molar-refractivity contribution in [2.45, 2.75) is 109 Å². The maximum atomic E-state index is 2.46. The number of thioether (sulfide) groups is 2. The molecule has 0 spiro atoms. The first-order chi connectivity index (χ1) is 13.3. The van der Waals surface area contributed by atoms with Crippen LogP contribution in [0.25, 0.3) is 0 Å².